The van der Waals surface area contributed by atoms with Crippen molar-refractivity contribution in [3.05, 3.63) is 48.0 Å². The molecule has 2 rings (SSSR count). The molecule has 1 aromatic heterocycles. The third-order valence-corrected chi connectivity index (χ3v) is 2.36. The number of aromatic amines is 1. The Morgan fingerprint density at radius 2 is 2.12 bits per heavy atom. The highest BCUT2D eigenvalue weighted by molar-refractivity contribution is 6.02. The predicted molar refractivity (Wildman–Crippen MR) is 63.8 cm³/mol. The molecule has 17 heavy (non-hydrogen) atoms. The third kappa shape index (κ3) is 2.92. The number of nitrogens with one attached hydrogen (secondary N) is 2. The van der Waals surface area contributed by atoms with E-state index in [2.05, 4.69) is 15.3 Å². The van der Waals surface area contributed by atoms with Crippen LogP contribution in [0, 0.1) is 0 Å². The van der Waals surface area contributed by atoms with Gasteiger partial charge in [0.05, 0.1) is 12.5 Å². The fraction of sp³-hybridized carbons (Fsp3) is 0.167. The highest BCUT2D eigenvalue weighted by atomic mass is 16.2. The molecule has 0 atom stereocenters. The van der Waals surface area contributed by atoms with Crippen LogP contribution in [0.3, 0.4) is 0 Å². The average molecular weight is 231 g/mol. The van der Waals surface area contributed by atoms with Gasteiger partial charge in [0.15, 0.2) is 0 Å². The minimum atomic E-state index is -0.225. The summed E-state index contributed by atoms with van der Waals surface area (Å²) < 4.78 is 0. The van der Waals surface area contributed by atoms with Gasteiger partial charge in [0.25, 0.3) is 5.91 Å². The van der Waals surface area contributed by atoms with Crippen molar-refractivity contribution >= 4 is 11.6 Å². The Labute approximate surface area is 98.5 Å². The largest absolute Gasteiger partial charge is 0.396 e. The molecule has 0 aliphatic heterocycles. The second-order valence-electron chi connectivity index (χ2n) is 3.59. The summed E-state index contributed by atoms with van der Waals surface area (Å²) in [5.41, 5.74) is 2.17. The van der Waals surface area contributed by atoms with Crippen molar-refractivity contribution in [1.82, 2.24) is 9.97 Å². The Balaban J connectivity index is 2.01. The molecule has 1 aromatic carbocycles. The maximum atomic E-state index is 11.7. The van der Waals surface area contributed by atoms with E-state index < -0.39 is 0 Å². The van der Waals surface area contributed by atoms with Gasteiger partial charge in [-0.05, 0) is 24.1 Å². The monoisotopic (exact) mass is 231 g/mol. The molecule has 0 bridgehead atoms. The lowest BCUT2D eigenvalue weighted by molar-refractivity contribution is 0.102. The molecule has 1 amide bonds. The molecule has 0 aliphatic carbocycles. The third-order valence-electron chi connectivity index (χ3n) is 2.36. The molecule has 2 aromatic rings. The molecule has 0 fully saturated rings. The molecular formula is C12H13N3O2. The number of carbonyl (C=O) groups excluding carboxylic acids is 1. The van der Waals surface area contributed by atoms with Gasteiger partial charge in [-0.3, -0.25) is 4.79 Å². The highest BCUT2D eigenvalue weighted by Gasteiger charge is 2.06. The number of nitrogens with zero attached hydrogens (tertiary/aromatic N) is 1. The minimum Gasteiger partial charge on any atom is -0.396 e. The lowest BCUT2D eigenvalue weighted by Crippen LogP contribution is -2.12. The van der Waals surface area contributed by atoms with Crippen LogP contribution >= 0.6 is 0 Å². The number of aliphatic hydroxyl groups excluding tert-OH is 1. The zero-order valence-corrected chi connectivity index (χ0v) is 9.18. The summed E-state index contributed by atoms with van der Waals surface area (Å²) in [7, 11) is 0. The molecule has 0 saturated carbocycles. The van der Waals surface area contributed by atoms with E-state index in [1.54, 1.807) is 12.1 Å². The first-order valence-corrected chi connectivity index (χ1v) is 5.29. The molecule has 0 radical (unpaired) electrons. The number of amides is 1. The van der Waals surface area contributed by atoms with Crippen molar-refractivity contribution in [2.24, 2.45) is 0 Å². The van der Waals surface area contributed by atoms with Crippen molar-refractivity contribution < 1.29 is 9.90 Å². The van der Waals surface area contributed by atoms with Crippen LogP contribution in [0.4, 0.5) is 5.69 Å². The van der Waals surface area contributed by atoms with Crippen LogP contribution in [-0.2, 0) is 6.42 Å². The predicted octanol–water partition coefficient (Wildman–Crippen LogP) is 1.20. The smallest absolute Gasteiger partial charge is 0.273 e. The molecule has 0 saturated heterocycles. The van der Waals surface area contributed by atoms with Crippen LogP contribution in [-0.4, -0.2) is 27.6 Å². The van der Waals surface area contributed by atoms with Gasteiger partial charge in [0.1, 0.15) is 5.69 Å². The second kappa shape index (κ2) is 5.27. The molecule has 5 heteroatoms. The van der Waals surface area contributed by atoms with Gasteiger partial charge in [0, 0.05) is 12.3 Å². The number of aromatic nitrogens is 2. The number of hydrogen-bond acceptors (Lipinski definition) is 3. The SMILES string of the molecule is O=C(Nc1ccc(CCO)cc1)c1cnc[nH]1. The molecule has 0 unspecified atom stereocenters. The lowest BCUT2D eigenvalue weighted by Gasteiger charge is -2.04. The topological polar surface area (TPSA) is 78.0 Å². The van der Waals surface area contributed by atoms with Gasteiger partial charge in [-0.1, -0.05) is 12.1 Å². The van der Waals surface area contributed by atoms with Crippen molar-refractivity contribution in [2.45, 2.75) is 6.42 Å². The molecule has 0 aliphatic rings. The Bertz CT molecular complexity index is 477. The van der Waals surface area contributed by atoms with E-state index in [9.17, 15) is 4.79 Å². The number of aliphatic hydroxyl groups is 1. The van der Waals surface area contributed by atoms with Crippen LogP contribution in [0.15, 0.2) is 36.8 Å². The summed E-state index contributed by atoms with van der Waals surface area (Å²) in [5.74, 6) is -0.225. The summed E-state index contributed by atoms with van der Waals surface area (Å²) in [6.45, 7) is 0.125. The number of benzene rings is 1. The van der Waals surface area contributed by atoms with E-state index >= 15 is 0 Å². The number of carbonyl (C=O) groups is 1. The van der Waals surface area contributed by atoms with E-state index in [-0.39, 0.29) is 12.5 Å². The Kier molecular flexibility index (Phi) is 3.52. The quantitative estimate of drug-likeness (QED) is 0.739. The van der Waals surface area contributed by atoms with Crippen LogP contribution in [0.2, 0.25) is 0 Å². The fourth-order valence-corrected chi connectivity index (χ4v) is 1.46. The summed E-state index contributed by atoms with van der Waals surface area (Å²) in [4.78, 5) is 18.2. The minimum absolute atomic E-state index is 0.125. The average Bonchev–Trinajstić information content (AvgIpc) is 2.86. The maximum absolute atomic E-state index is 11.7. The molecular weight excluding hydrogens is 218 g/mol. The normalized spacial score (nSPS) is 10.2. The standard InChI is InChI=1S/C12H13N3O2/c16-6-5-9-1-3-10(4-2-9)15-12(17)11-7-13-8-14-11/h1-4,7-8,16H,5-6H2,(H,13,14)(H,15,17). The van der Waals surface area contributed by atoms with Gasteiger partial charge in [-0.25, -0.2) is 4.98 Å². The molecule has 3 N–H and O–H groups in total. The van der Waals surface area contributed by atoms with E-state index in [1.165, 1.54) is 12.5 Å². The molecule has 5 nitrogen and oxygen atoms in total. The van der Waals surface area contributed by atoms with Crippen LogP contribution in [0.25, 0.3) is 0 Å². The molecule has 0 spiro atoms. The first-order valence-electron chi connectivity index (χ1n) is 5.29. The van der Waals surface area contributed by atoms with Crippen LogP contribution in [0.1, 0.15) is 16.1 Å². The summed E-state index contributed by atoms with van der Waals surface area (Å²) in [6.07, 6.45) is 3.55. The maximum Gasteiger partial charge on any atom is 0.273 e. The Morgan fingerprint density at radius 3 is 2.71 bits per heavy atom. The van der Waals surface area contributed by atoms with E-state index in [0.717, 1.165) is 5.56 Å². The van der Waals surface area contributed by atoms with Crippen molar-refractivity contribution in [2.75, 3.05) is 11.9 Å². The lowest BCUT2D eigenvalue weighted by atomic mass is 10.1. The summed E-state index contributed by atoms with van der Waals surface area (Å²) in [6, 6.07) is 7.36. The number of hydrogen-bond donors (Lipinski definition) is 3. The van der Waals surface area contributed by atoms with Gasteiger partial charge < -0.3 is 15.4 Å². The van der Waals surface area contributed by atoms with E-state index in [1.807, 2.05) is 12.1 Å². The van der Waals surface area contributed by atoms with Crippen LogP contribution < -0.4 is 5.32 Å². The van der Waals surface area contributed by atoms with Crippen LogP contribution in [0.5, 0.6) is 0 Å². The number of rotatable bonds is 4. The zero-order chi connectivity index (χ0) is 12.1. The van der Waals surface area contributed by atoms with Gasteiger partial charge >= 0.3 is 0 Å². The van der Waals surface area contributed by atoms with Gasteiger partial charge in [0.2, 0.25) is 0 Å². The summed E-state index contributed by atoms with van der Waals surface area (Å²) >= 11 is 0. The first kappa shape index (κ1) is 11.3. The zero-order valence-electron chi connectivity index (χ0n) is 9.18. The fourth-order valence-electron chi connectivity index (χ4n) is 1.46. The van der Waals surface area contributed by atoms with Crippen molar-refractivity contribution in [3.63, 3.8) is 0 Å². The Hall–Kier alpha value is -2.14. The van der Waals surface area contributed by atoms with E-state index in [4.69, 9.17) is 5.11 Å². The second-order valence-corrected chi connectivity index (χ2v) is 3.59. The molecule has 88 valence electrons. The van der Waals surface area contributed by atoms with Gasteiger partial charge in [-0.15, -0.1) is 0 Å². The van der Waals surface area contributed by atoms with Crippen molar-refractivity contribution in [1.29, 1.82) is 0 Å². The number of anilines is 1. The Morgan fingerprint density at radius 1 is 1.35 bits per heavy atom. The van der Waals surface area contributed by atoms with E-state index in [0.29, 0.717) is 17.8 Å². The highest BCUT2D eigenvalue weighted by Crippen LogP contribution is 2.10. The van der Waals surface area contributed by atoms with Crippen molar-refractivity contribution in [3.8, 4) is 0 Å². The van der Waals surface area contributed by atoms with Gasteiger partial charge in [-0.2, -0.15) is 0 Å². The number of H-pyrrole nitrogens is 1. The summed E-state index contributed by atoms with van der Waals surface area (Å²) in [5, 5.41) is 11.5. The first-order chi connectivity index (χ1) is 8.29. The molecule has 1 heterocycles. The number of imidazole rings is 1.